The van der Waals surface area contributed by atoms with Gasteiger partial charge in [-0.15, -0.1) is 0 Å². The van der Waals surface area contributed by atoms with Gasteiger partial charge in [0.2, 0.25) is 0 Å². The normalized spacial score (nSPS) is 11.9. The first kappa shape index (κ1) is 27.0. The van der Waals surface area contributed by atoms with Gasteiger partial charge in [-0.3, -0.25) is 0 Å². The maximum atomic E-state index is 4.95. The predicted octanol–water partition coefficient (Wildman–Crippen LogP) is 10.6. The molecule has 0 spiro atoms. The number of fused-ring (bicyclic) bond motifs is 7. The Kier molecular flexibility index (Phi) is 6.28. The van der Waals surface area contributed by atoms with Crippen LogP contribution in [-0.4, -0.2) is 24.1 Å². The number of nitrogens with zero attached hydrogens (tertiary/aromatic N) is 5. The van der Waals surface area contributed by atoms with E-state index in [1.54, 1.807) is 0 Å². The molecule has 0 bridgehead atoms. The van der Waals surface area contributed by atoms with Crippen LogP contribution in [0.2, 0.25) is 0 Å². The van der Waals surface area contributed by atoms with Crippen molar-refractivity contribution in [2.45, 2.75) is 6.92 Å². The molecule has 0 aliphatic rings. The number of hydrogen-bond donors (Lipinski definition) is 0. The Bertz CT molecular complexity index is 2550. The van der Waals surface area contributed by atoms with Crippen LogP contribution in [0, 0.1) is 0 Å². The highest BCUT2D eigenvalue weighted by atomic mass is 15.0. The monoisotopic (exact) mass is 603 g/mol. The molecule has 0 aliphatic carbocycles. The minimum atomic E-state index is 0.641. The number of rotatable bonds is 5. The van der Waals surface area contributed by atoms with Gasteiger partial charge in [-0.2, -0.15) is 0 Å². The van der Waals surface area contributed by atoms with E-state index < -0.39 is 0 Å². The largest absolute Gasteiger partial charge is 0.314 e. The predicted molar refractivity (Wildman–Crippen MR) is 194 cm³/mol. The summed E-state index contributed by atoms with van der Waals surface area (Å²) in [4.78, 5) is 14.8. The second-order valence-electron chi connectivity index (χ2n) is 11.7. The summed E-state index contributed by atoms with van der Waals surface area (Å²) in [6.07, 6.45) is 4.28. The molecule has 5 nitrogen and oxygen atoms in total. The molecule has 9 aromatic rings. The number of allylic oxidation sites excluding steroid dienone is 1. The molecule has 0 aliphatic heterocycles. The van der Waals surface area contributed by atoms with Crippen molar-refractivity contribution in [1.29, 1.82) is 0 Å². The third-order valence-electron chi connectivity index (χ3n) is 8.89. The lowest BCUT2D eigenvalue weighted by molar-refractivity contribution is 1.07. The topological polar surface area (TPSA) is 48.5 Å². The first-order valence-corrected chi connectivity index (χ1v) is 15.8. The minimum Gasteiger partial charge on any atom is -0.314 e. The van der Waals surface area contributed by atoms with Crippen molar-refractivity contribution in [1.82, 2.24) is 24.1 Å². The van der Waals surface area contributed by atoms with Crippen molar-refractivity contribution in [3.8, 4) is 39.9 Å². The number of hydrogen-bond acceptors (Lipinski definition) is 3. The maximum absolute atomic E-state index is 4.95. The highest BCUT2D eigenvalue weighted by molar-refractivity contribution is 6.23. The van der Waals surface area contributed by atoms with Crippen molar-refractivity contribution >= 4 is 49.8 Å². The van der Waals surface area contributed by atoms with E-state index in [1.807, 2.05) is 60.7 Å². The quantitative estimate of drug-likeness (QED) is 0.197. The fourth-order valence-electron chi connectivity index (χ4n) is 6.80. The van der Waals surface area contributed by atoms with Crippen LogP contribution in [0.25, 0.3) is 89.7 Å². The van der Waals surface area contributed by atoms with Gasteiger partial charge in [0.25, 0.3) is 0 Å². The second kappa shape index (κ2) is 10.9. The van der Waals surface area contributed by atoms with Gasteiger partial charge in [0.05, 0.1) is 22.1 Å². The molecular weight excluding hydrogens is 574 g/mol. The number of aromatic nitrogens is 5. The molecule has 222 valence electrons. The van der Waals surface area contributed by atoms with Crippen LogP contribution in [0.4, 0.5) is 0 Å². The summed E-state index contributed by atoms with van der Waals surface area (Å²) in [5, 5.41) is 4.93. The Morgan fingerprint density at radius 2 is 0.894 bits per heavy atom. The lowest BCUT2D eigenvalue weighted by Gasteiger charge is -2.12. The van der Waals surface area contributed by atoms with Crippen LogP contribution in [0.5, 0.6) is 0 Å². The van der Waals surface area contributed by atoms with Gasteiger partial charge in [-0.25, -0.2) is 15.0 Å². The fraction of sp³-hybridized carbons (Fsp3) is 0.0238. The average molecular weight is 604 g/mol. The average Bonchev–Trinajstić information content (AvgIpc) is 3.65. The third kappa shape index (κ3) is 4.36. The van der Waals surface area contributed by atoms with Crippen LogP contribution in [0.1, 0.15) is 6.92 Å². The number of para-hydroxylation sites is 2. The zero-order valence-electron chi connectivity index (χ0n) is 25.7. The van der Waals surface area contributed by atoms with Crippen LogP contribution >= 0.6 is 0 Å². The highest BCUT2D eigenvalue weighted by Crippen LogP contribution is 2.40. The smallest absolute Gasteiger partial charge is 0.164 e. The molecule has 47 heavy (non-hydrogen) atoms. The van der Waals surface area contributed by atoms with E-state index in [9.17, 15) is 0 Å². The molecule has 6 aromatic carbocycles. The van der Waals surface area contributed by atoms with Gasteiger partial charge < -0.3 is 9.13 Å². The molecule has 0 fully saturated rings. The van der Waals surface area contributed by atoms with Crippen molar-refractivity contribution in [2.24, 2.45) is 0 Å². The third-order valence-corrected chi connectivity index (χ3v) is 8.89. The maximum Gasteiger partial charge on any atom is 0.164 e. The van der Waals surface area contributed by atoms with Crippen molar-refractivity contribution < 1.29 is 0 Å². The Labute approximate surface area is 271 Å². The lowest BCUT2D eigenvalue weighted by Crippen LogP contribution is -2.00. The summed E-state index contributed by atoms with van der Waals surface area (Å²) in [6.45, 7) is 2.07. The second-order valence-corrected chi connectivity index (χ2v) is 11.7. The minimum absolute atomic E-state index is 0.641. The van der Waals surface area contributed by atoms with Gasteiger partial charge in [-0.05, 0) is 43.3 Å². The zero-order chi connectivity index (χ0) is 31.3. The molecule has 0 N–H and O–H groups in total. The van der Waals surface area contributed by atoms with E-state index in [0.29, 0.717) is 17.5 Å². The Morgan fingerprint density at radius 1 is 0.426 bits per heavy atom. The molecule has 9 rings (SSSR count). The summed E-state index contributed by atoms with van der Waals surface area (Å²) in [7, 11) is 0. The van der Waals surface area contributed by atoms with Gasteiger partial charge in [-0.1, -0.05) is 115 Å². The molecule has 0 radical (unpaired) electrons. The first-order chi connectivity index (χ1) is 23.3. The van der Waals surface area contributed by atoms with Crippen LogP contribution in [0.3, 0.4) is 0 Å². The van der Waals surface area contributed by atoms with Crippen molar-refractivity contribution in [3.05, 3.63) is 152 Å². The van der Waals surface area contributed by atoms with E-state index >= 15 is 0 Å². The Balaban J connectivity index is 1.27. The molecular formula is C42H29N5. The number of benzene rings is 6. The van der Waals surface area contributed by atoms with E-state index in [2.05, 4.69) is 113 Å². The lowest BCUT2D eigenvalue weighted by atomic mass is 10.1. The first-order valence-electron chi connectivity index (χ1n) is 15.8. The van der Waals surface area contributed by atoms with E-state index in [0.717, 1.165) is 27.9 Å². The van der Waals surface area contributed by atoms with Gasteiger partial charge in [0.15, 0.2) is 17.5 Å². The van der Waals surface area contributed by atoms with E-state index in [4.69, 9.17) is 15.0 Å². The van der Waals surface area contributed by atoms with Gasteiger partial charge in [0.1, 0.15) is 0 Å². The summed E-state index contributed by atoms with van der Waals surface area (Å²) < 4.78 is 4.73. The molecule has 0 amide bonds. The SMILES string of the molecule is C/C=C/n1c2ccccc2c2ccc3c4ccccc4n(-c4ccc(-c5nc(-c6ccccc6)nc(-c6ccccc6)n5)cc4)c3c21. The van der Waals surface area contributed by atoms with Gasteiger partial charge in [0, 0.05) is 50.1 Å². The van der Waals surface area contributed by atoms with E-state index in [1.165, 1.54) is 38.1 Å². The van der Waals surface area contributed by atoms with Crippen LogP contribution in [0.15, 0.2) is 152 Å². The molecule has 0 unspecified atom stereocenters. The summed E-state index contributed by atoms with van der Waals surface area (Å²) in [6, 6.07) is 50.6. The van der Waals surface area contributed by atoms with Gasteiger partial charge >= 0.3 is 0 Å². The standard InChI is InChI=1S/C42H29N5/c1-2-27-46-36-19-11-9-17-32(36)34-25-26-35-33-18-10-12-20-37(33)47(39(35)38(34)46)31-23-21-30(22-24-31)42-44-40(28-13-5-3-6-14-28)43-41(45-42)29-15-7-4-8-16-29/h2-27H,1H3/b27-2+. The van der Waals surface area contributed by atoms with Crippen molar-refractivity contribution in [3.63, 3.8) is 0 Å². The van der Waals surface area contributed by atoms with Crippen LogP contribution < -0.4 is 0 Å². The molecule has 0 saturated carbocycles. The Morgan fingerprint density at radius 3 is 1.47 bits per heavy atom. The van der Waals surface area contributed by atoms with E-state index in [-0.39, 0.29) is 0 Å². The zero-order valence-corrected chi connectivity index (χ0v) is 25.7. The Hall–Kier alpha value is -6.33. The molecule has 3 heterocycles. The fourth-order valence-corrected chi connectivity index (χ4v) is 6.80. The molecule has 0 saturated heterocycles. The van der Waals surface area contributed by atoms with Crippen LogP contribution in [-0.2, 0) is 0 Å². The molecule has 5 heteroatoms. The summed E-state index contributed by atoms with van der Waals surface area (Å²) >= 11 is 0. The summed E-state index contributed by atoms with van der Waals surface area (Å²) in [5.41, 5.74) is 8.65. The van der Waals surface area contributed by atoms with Crippen molar-refractivity contribution in [2.75, 3.05) is 0 Å². The molecule has 3 aromatic heterocycles. The molecule has 0 atom stereocenters. The summed E-state index contributed by atoms with van der Waals surface area (Å²) in [5.74, 6) is 1.95. The highest BCUT2D eigenvalue weighted by Gasteiger charge is 2.20.